The molecule has 78 valence electrons. The van der Waals surface area contributed by atoms with Gasteiger partial charge in [0.15, 0.2) is 0 Å². The fourth-order valence-electron chi connectivity index (χ4n) is 1.47. The van der Waals surface area contributed by atoms with Crippen LogP contribution in [0.4, 0.5) is 5.69 Å². The van der Waals surface area contributed by atoms with E-state index < -0.39 is 0 Å². The summed E-state index contributed by atoms with van der Waals surface area (Å²) in [6.07, 6.45) is 6.25. The minimum Gasteiger partial charge on any atom is -0.366 e. The molecular formula is C12H15N3. The first-order valence-electron chi connectivity index (χ1n) is 5.03. The van der Waals surface area contributed by atoms with Gasteiger partial charge < -0.3 is 4.90 Å². The van der Waals surface area contributed by atoms with Crippen molar-refractivity contribution in [3.63, 3.8) is 0 Å². The maximum atomic E-state index is 8.97. The summed E-state index contributed by atoms with van der Waals surface area (Å²) in [5, 5.41) is 8.97. The summed E-state index contributed by atoms with van der Waals surface area (Å²) < 4.78 is 0. The van der Waals surface area contributed by atoms with E-state index in [0.29, 0.717) is 5.56 Å². The number of rotatable bonds is 5. The summed E-state index contributed by atoms with van der Waals surface area (Å²) in [6.45, 7) is 7.48. The molecule has 0 saturated carbocycles. The Morgan fingerprint density at radius 2 is 2.47 bits per heavy atom. The number of pyridine rings is 1. The second kappa shape index (κ2) is 5.82. The highest BCUT2D eigenvalue weighted by Gasteiger charge is 2.08. The Hall–Kier alpha value is -1.82. The standard InChI is InChI=1S/C12H15N3/c1-3-7-15(8-4-2)12-10-14-6-5-11(12)9-13/h3,5-6,10H,1,4,7-8H2,2H3. The fraction of sp³-hybridized carbons (Fsp3) is 0.333. The highest BCUT2D eigenvalue weighted by atomic mass is 15.1. The molecule has 0 unspecified atom stereocenters. The van der Waals surface area contributed by atoms with Gasteiger partial charge in [0.2, 0.25) is 0 Å². The Kier molecular flexibility index (Phi) is 4.36. The number of hydrogen-bond acceptors (Lipinski definition) is 3. The zero-order chi connectivity index (χ0) is 11.1. The lowest BCUT2D eigenvalue weighted by atomic mass is 10.2. The predicted octanol–water partition coefficient (Wildman–Crippen LogP) is 2.36. The molecule has 3 nitrogen and oxygen atoms in total. The van der Waals surface area contributed by atoms with Crippen LogP contribution < -0.4 is 4.90 Å². The van der Waals surface area contributed by atoms with Gasteiger partial charge in [-0.05, 0) is 12.5 Å². The number of nitrogens with zero attached hydrogens (tertiary/aromatic N) is 3. The lowest BCUT2D eigenvalue weighted by Gasteiger charge is -2.22. The molecule has 1 rings (SSSR count). The molecule has 0 saturated heterocycles. The van der Waals surface area contributed by atoms with Crippen molar-refractivity contribution in [2.24, 2.45) is 0 Å². The molecule has 0 spiro atoms. The number of hydrogen-bond donors (Lipinski definition) is 0. The summed E-state index contributed by atoms with van der Waals surface area (Å²) in [5.74, 6) is 0. The Bertz CT molecular complexity index is 365. The van der Waals surface area contributed by atoms with Crippen molar-refractivity contribution in [2.45, 2.75) is 13.3 Å². The Morgan fingerprint density at radius 3 is 3.07 bits per heavy atom. The first-order valence-corrected chi connectivity index (χ1v) is 5.03. The van der Waals surface area contributed by atoms with Gasteiger partial charge in [-0.2, -0.15) is 5.26 Å². The third-order valence-corrected chi connectivity index (χ3v) is 2.10. The van der Waals surface area contributed by atoms with Gasteiger partial charge in [0.25, 0.3) is 0 Å². The zero-order valence-electron chi connectivity index (χ0n) is 8.98. The summed E-state index contributed by atoms with van der Waals surface area (Å²) in [5.41, 5.74) is 1.56. The van der Waals surface area contributed by atoms with Crippen molar-refractivity contribution in [1.29, 1.82) is 5.26 Å². The highest BCUT2D eigenvalue weighted by molar-refractivity contribution is 5.57. The third-order valence-electron chi connectivity index (χ3n) is 2.10. The lowest BCUT2D eigenvalue weighted by Crippen LogP contribution is -2.24. The molecule has 0 fully saturated rings. The fourth-order valence-corrected chi connectivity index (χ4v) is 1.47. The Labute approximate surface area is 90.7 Å². The molecule has 0 N–H and O–H groups in total. The first kappa shape index (κ1) is 11.3. The minimum atomic E-state index is 0.667. The lowest BCUT2D eigenvalue weighted by molar-refractivity contribution is 0.813. The van der Waals surface area contributed by atoms with E-state index in [2.05, 4.69) is 29.5 Å². The highest BCUT2D eigenvalue weighted by Crippen LogP contribution is 2.18. The second-order valence-corrected chi connectivity index (χ2v) is 3.24. The van der Waals surface area contributed by atoms with E-state index in [1.807, 2.05) is 6.08 Å². The van der Waals surface area contributed by atoms with Crippen LogP contribution in [0.3, 0.4) is 0 Å². The zero-order valence-corrected chi connectivity index (χ0v) is 8.98. The van der Waals surface area contributed by atoms with Gasteiger partial charge in [-0.1, -0.05) is 13.0 Å². The molecule has 0 amide bonds. The van der Waals surface area contributed by atoms with Gasteiger partial charge in [0.05, 0.1) is 17.4 Å². The molecule has 0 aliphatic carbocycles. The number of aromatic nitrogens is 1. The smallest absolute Gasteiger partial charge is 0.101 e. The quantitative estimate of drug-likeness (QED) is 0.686. The molecule has 1 aromatic heterocycles. The van der Waals surface area contributed by atoms with E-state index in [-0.39, 0.29) is 0 Å². The molecule has 0 radical (unpaired) electrons. The summed E-state index contributed by atoms with van der Waals surface area (Å²) in [7, 11) is 0. The van der Waals surface area contributed by atoms with E-state index in [4.69, 9.17) is 5.26 Å². The molecule has 0 aliphatic heterocycles. The molecule has 1 aromatic rings. The summed E-state index contributed by atoms with van der Waals surface area (Å²) >= 11 is 0. The average Bonchev–Trinajstić information content (AvgIpc) is 2.29. The van der Waals surface area contributed by atoms with Crippen LogP contribution >= 0.6 is 0 Å². The normalized spacial score (nSPS) is 9.33. The molecule has 15 heavy (non-hydrogen) atoms. The third kappa shape index (κ3) is 2.81. The van der Waals surface area contributed by atoms with Gasteiger partial charge in [0, 0.05) is 19.3 Å². The number of nitriles is 1. The maximum absolute atomic E-state index is 8.97. The topological polar surface area (TPSA) is 39.9 Å². The van der Waals surface area contributed by atoms with Gasteiger partial charge >= 0.3 is 0 Å². The summed E-state index contributed by atoms with van der Waals surface area (Å²) in [4.78, 5) is 6.16. The van der Waals surface area contributed by atoms with Gasteiger partial charge in [0.1, 0.15) is 6.07 Å². The molecule has 3 heteroatoms. The Balaban J connectivity index is 2.99. The molecule has 0 aromatic carbocycles. The van der Waals surface area contributed by atoms with Crippen LogP contribution in [0.2, 0.25) is 0 Å². The van der Waals surface area contributed by atoms with E-state index in [9.17, 15) is 0 Å². The van der Waals surface area contributed by atoms with Crippen LogP contribution in [0.5, 0.6) is 0 Å². The van der Waals surface area contributed by atoms with Gasteiger partial charge in [-0.15, -0.1) is 6.58 Å². The predicted molar refractivity (Wildman–Crippen MR) is 61.7 cm³/mol. The van der Waals surface area contributed by atoms with E-state index in [1.165, 1.54) is 0 Å². The molecule has 0 bridgehead atoms. The van der Waals surface area contributed by atoms with Crippen molar-refractivity contribution < 1.29 is 0 Å². The van der Waals surface area contributed by atoms with Crippen molar-refractivity contribution in [3.8, 4) is 6.07 Å². The molecular weight excluding hydrogens is 186 g/mol. The van der Waals surface area contributed by atoms with Gasteiger partial charge in [-0.25, -0.2) is 0 Å². The molecule has 0 aliphatic rings. The largest absolute Gasteiger partial charge is 0.366 e. The van der Waals surface area contributed by atoms with Gasteiger partial charge in [-0.3, -0.25) is 4.98 Å². The monoisotopic (exact) mass is 201 g/mol. The SMILES string of the molecule is C=CCN(CCC)c1cnccc1C#N. The average molecular weight is 201 g/mol. The van der Waals surface area contributed by atoms with Crippen LogP contribution in [0.25, 0.3) is 0 Å². The van der Waals surface area contributed by atoms with Crippen molar-refractivity contribution in [1.82, 2.24) is 4.98 Å². The van der Waals surface area contributed by atoms with Crippen molar-refractivity contribution >= 4 is 5.69 Å². The molecule has 1 heterocycles. The second-order valence-electron chi connectivity index (χ2n) is 3.24. The van der Waals surface area contributed by atoms with Crippen LogP contribution in [0.1, 0.15) is 18.9 Å². The molecule has 0 atom stereocenters. The van der Waals surface area contributed by atoms with Crippen LogP contribution in [-0.4, -0.2) is 18.1 Å². The number of anilines is 1. The van der Waals surface area contributed by atoms with E-state index in [0.717, 1.165) is 25.2 Å². The van der Waals surface area contributed by atoms with Crippen molar-refractivity contribution in [2.75, 3.05) is 18.0 Å². The van der Waals surface area contributed by atoms with Crippen LogP contribution in [0, 0.1) is 11.3 Å². The van der Waals surface area contributed by atoms with E-state index >= 15 is 0 Å². The van der Waals surface area contributed by atoms with E-state index in [1.54, 1.807) is 18.5 Å². The van der Waals surface area contributed by atoms with Crippen LogP contribution in [-0.2, 0) is 0 Å². The van der Waals surface area contributed by atoms with Crippen molar-refractivity contribution in [3.05, 3.63) is 36.7 Å². The Morgan fingerprint density at radius 1 is 1.67 bits per heavy atom. The first-order chi connectivity index (χ1) is 7.33. The van der Waals surface area contributed by atoms with Crippen LogP contribution in [0.15, 0.2) is 31.1 Å². The minimum absolute atomic E-state index is 0.667. The summed E-state index contributed by atoms with van der Waals surface area (Å²) in [6, 6.07) is 3.91. The maximum Gasteiger partial charge on any atom is 0.101 e.